The fourth-order valence-electron chi connectivity index (χ4n) is 2.01. The average molecular weight is 329 g/mol. The topological polar surface area (TPSA) is 47.6 Å². The van der Waals surface area contributed by atoms with E-state index >= 15 is 0 Å². The van der Waals surface area contributed by atoms with Gasteiger partial charge in [0.2, 0.25) is 0 Å². The van der Waals surface area contributed by atoms with E-state index in [2.05, 4.69) is 5.32 Å². The molecule has 2 aromatic carbocycles. The van der Waals surface area contributed by atoms with E-state index in [0.29, 0.717) is 17.1 Å². The highest BCUT2D eigenvalue weighted by Crippen LogP contribution is 2.31. The Kier molecular flexibility index (Phi) is 6.11. The fraction of sp³-hybridized carbons (Fsp3) is 0.167. The molecular weight excluding hydrogens is 310 g/mol. The first-order valence-electron chi connectivity index (χ1n) is 7.02. The highest BCUT2D eigenvalue weighted by Gasteiger charge is 2.07. The molecule has 23 heavy (non-hydrogen) atoms. The van der Waals surface area contributed by atoms with Crippen LogP contribution in [0.3, 0.4) is 0 Å². The van der Waals surface area contributed by atoms with E-state index in [-0.39, 0.29) is 5.78 Å². The number of benzene rings is 2. The van der Waals surface area contributed by atoms with Crippen molar-refractivity contribution >= 4 is 23.2 Å². The van der Waals surface area contributed by atoms with Gasteiger partial charge in [0.1, 0.15) is 0 Å². The lowest BCUT2D eigenvalue weighted by Crippen LogP contribution is -2.02. The van der Waals surface area contributed by atoms with Gasteiger partial charge in [0.05, 0.1) is 19.2 Å². The molecule has 0 amide bonds. The quantitative estimate of drug-likeness (QED) is 0.609. The Bertz CT molecular complexity index is 699. The monoisotopic (exact) mass is 329 g/mol. The summed E-state index contributed by atoms with van der Waals surface area (Å²) >= 11 is 1.47. The van der Waals surface area contributed by atoms with Crippen molar-refractivity contribution in [2.24, 2.45) is 0 Å². The van der Waals surface area contributed by atoms with Crippen LogP contribution in [-0.2, 0) is 0 Å². The van der Waals surface area contributed by atoms with E-state index in [1.165, 1.54) is 11.8 Å². The molecule has 0 aromatic heterocycles. The smallest absolute Gasteiger partial charge is 0.188 e. The van der Waals surface area contributed by atoms with Gasteiger partial charge >= 0.3 is 0 Å². The molecular formula is C18H19NO3S. The zero-order valence-electron chi connectivity index (χ0n) is 13.3. The Hall–Kier alpha value is -2.40. The second-order valence-corrected chi connectivity index (χ2v) is 5.49. The minimum absolute atomic E-state index is 0.0390. The zero-order valence-corrected chi connectivity index (χ0v) is 14.1. The molecule has 0 aliphatic carbocycles. The Morgan fingerprint density at radius 3 is 2.35 bits per heavy atom. The molecule has 2 aromatic rings. The summed E-state index contributed by atoms with van der Waals surface area (Å²) in [5.74, 6) is 1.25. The first-order valence-corrected chi connectivity index (χ1v) is 8.24. The van der Waals surface area contributed by atoms with Gasteiger partial charge in [0, 0.05) is 23.4 Å². The van der Waals surface area contributed by atoms with Gasteiger partial charge in [-0.3, -0.25) is 4.79 Å². The van der Waals surface area contributed by atoms with Gasteiger partial charge < -0.3 is 14.8 Å². The molecule has 0 radical (unpaired) electrons. The highest BCUT2D eigenvalue weighted by atomic mass is 32.2. The Labute approximate surface area is 140 Å². The number of thioether (sulfide) groups is 1. The lowest BCUT2D eigenvalue weighted by molar-refractivity contribution is 0.104. The van der Waals surface area contributed by atoms with E-state index in [0.717, 1.165) is 10.7 Å². The van der Waals surface area contributed by atoms with Crippen LogP contribution in [0.4, 0.5) is 5.69 Å². The standard InChI is InChI=1S/C18H19NO3S/c1-21-16-10-9-14(11-17(16)22-2)19-18(23-3)12-15(20)13-7-5-4-6-8-13/h4-12,19H,1-3H3/b18-12-. The van der Waals surface area contributed by atoms with Gasteiger partial charge in [0.15, 0.2) is 17.3 Å². The molecule has 0 saturated carbocycles. The van der Waals surface area contributed by atoms with E-state index in [9.17, 15) is 4.79 Å². The maximum atomic E-state index is 12.3. The Morgan fingerprint density at radius 1 is 1.04 bits per heavy atom. The molecule has 0 aliphatic heterocycles. The molecule has 0 atom stereocenters. The van der Waals surface area contributed by atoms with Crippen molar-refractivity contribution in [3.63, 3.8) is 0 Å². The maximum Gasteiger partial charge on any atom is 0.188 e. The number of ketones is 1. The van der Waals surface area contributed by atoms with Crippen molar-refractivity contribution in [2.45, 2.75) is 0 Å². The third-order valence-electron chi connectivity index (χ3n) is 3.19. The summed E-state index contributed by atoms with van der Waals surface area (Å²) in [6, 6.07) is 14.7. The third kappa shape index (κ3) is 4.53. The molecule has 120 valence electrons. The Morgan fingerprint density at radius 2 is 1.74 bits per heavy atom. The van der Waals surface area contributed by atoms with Crippen LogP contribution in [0.25, 0.3) is 0 Å². The zero-order chi connectivity index (χ0) is 16.7. The van der Waals surface area contributed by atoms with Crippen molar-refractivity contribution in [3.05, 3.63) is 65.2 Å². The molecule has 1 N–H and O–H groups in total. The molecule has 0 unspecified atom stereocenters. The lowest BCUT2D eigenvalue weighted by Gasteiger charge is -2.12. The summed E-state index contributed by atoms with van der Waals surface area (Å²) in [6.45, 7) is 0. The minimum Gasteiger partial charge on any atom is -0.493 e. The third-order valence-corrected chi connectivity index (χ3v) is 3.85. The maximum absolute atomic E-state index is 12.3. The Balaban J connectivity index is 2.19. The summed E-state index contributed by atoms with van der Waals surface area (Å²) in [5, 5.41) is 3.98. The van der Waals surface area contributed by atoms with E-state index < -0.39 is 0 Å². The van der Waals surface area contributed by atoms with E-state index in [4.69, 9.17) is 9.47 Å². The first kappa shape index (κ1) is 17.0. The van der Waals surface area contributed by atoms with Crippen molar-refractivity contribution < 1.29 is 14.3 Å². The van der Waals surface area contributed by atoms with Crippen LogP contribution in [0.2, 0.25) is 0 Å². The predicted molar refractivity (Wildman–Crippen MR) is 95.5 cm³/mol. The van der Waals surface area contributed by atoms with Gasteiger partial charge in [-0.25, -0.2) is 0 Å². The molecule has 0 aliphatic rings. The summed E-state index contributed by atoms with van der Waals surface area (Å²) in [4.78, 5) is 12.3. The number of carbonyl (C=O) groups excluding carboxylic acids is 1. The van der Waals surface area contributed by atoms with Gasteiger partial charge in [0.25, 0.3) is 0 Å². The van der Waals surface area contributed by atoms with E-state index in [1.54, 1.807) is 32.4 Å². The molecule has 2 rings (SSSR count). The molecule has 0 heterocycles. The van der Waals surface area contributed by atoms with Crippen LogP contribution in [0.15, 0.2) is 59.6 Å². The van der Waals surface area contributed by atoms with Crippen LogP contribution < -0.4 is 14.8 Å². The summed E-state index contributed by atoms with van der Waals surface area (Å²) in [6.07, 6.45) is 3.51. The van der Waals surface area contributed by atoms with Crippen molar-refractivity contribution in [1.29, 1.82) is 0 Å². The lowest BCUT2D eigenvalue weighted by atomic mass is 10.1. The molecule has 4 nitrogen and oxygen atoms in total. The van der Waals surface area contributed by atoms with Crippen molar-refractivity contribution in [1.82, 2.24) is 0 Å². The molecule has 5 heteroatoms. The largest absolute Gasteiger partial charge is 0.493 e. The molecule has 0 fully saturated rings. The normalized spacial score (nSPS) is 11.0. The molecule has 0 spiro atoms. The van der Waals surface area contributed by atoms with Gasteiger partial charge in [-0.05, 0) is 18.4 Å². The first-order chi connectivity index (χ1) is 11.2. The second-order valence-electron chi connectivity index (χ2n) is 4.64. The minimum atomic E-state index is -0.0390. The predicted octanol–water partition coefficient (Wildman–Crippen LogP) is 4.20. The van der Waals surface area contributed by atoms with E-state index in [1.807, 2.05) is 42.7 Å². The van der Waals surface area contributed by atoms with Crippen LogP contribution >= 0.6 is 11.8 Å². The van der Waals surface area contributed by atoms with Gasteiger partial charge in [-0.1, -0.05) is 30.3 Å². The number of ether oxygens (including phenoxy) is 2. The number of hydrogen-bond acceptors (Lipinski definition) is 5. The number of anilines is 1. The number of rotatable bonds is 7. The second kappa shape index (κ2) is 8.29. The van der Waals surface area contributed by atoms with Crippen LogP contribution in [0, 0.1) is 0 Å². The number of nitrogens with one attached hydrogen (secondary N) is 1. The van der Waals surface area contributed by atoms with Crippen molar-refractivity contribution in [3.8, 4) is 11.5 Å². The van der Waals surface area contributed by atoms with Crippen molar-refractivity contribution in [2.75, 3.05) is 25.8 Å². The average Bonchev–Trinajstić information content (AvgIpc) is 2.61. The summed E-state index contributed by atoms with van der Waals surface area (Å²) in [5.41, 5.74) is 1.48. The SMILES string of the molecule is COc1ccc(N/C(=C/C(=O)c2ccccc2)SC)cc1OC. The summed E-state index contributed by atoms with van der Waals surface area (Å²) < 4.78 is 10.5. The molecule has 0 bridgehead atoms. The van der Waals surface area contributed by atoms with Crippen LogP contribution in [0.1, 0.15) is 10.4 Å². The fourth-order valence-corrected chi connectivity index (χ4v) is 2.45. The van der Waals surface area contributed by atoms with Gasteiger partial charge in [-0.2, -0.15) is 0 Å². The number of hydrogen-bond donors (Lipinski definition) is 1. The highest BCUT2D eigenvalue weighted by molar-refractivity contribution is 8.02. The molecule has 0 saturated heterocycles. The number of allylic oxidation sites excluding steroid dienone is 1. The summed E-state index contributed by atoms with van der Waals surface area (Å²) in [7, 11) is 3.18. The number of methoxy groups -OCH3 is 2. The van der Waals surface area contributed by atoms with Crippen LogP contribution in [0.5, 0.6) is 11.5 Å². The van der Waals surface area contributed by atoms with Crippen LogP contribution in [-0.4, -0.2) is 26.3 Å². The van der Waals surface area contributed by atoms with Gasteiger partial charge in [-0.15, -0.1) is 11.8 Å². The number of carbonyl (C=O) groups is 1.